The van der Waals surface area contributed by atoms with Gasteiger partial charge in [0, 0.05) is 25.2 Å². The quantitative estimate of drug-likeness (QED) is 0.333. The molecule has 2 fully saturated rings. The number of ether oxygens (including phenoxy) is 1. The Bertz CT molecular complexity index is 1380. The van der Waals surface area contributed by atoms with Gasteiger partial charge in [0.15, 0.2) is 11.4 Å². The van der Waals surface area contributed by atoms with E-state index in [0.717, 1.165) is 0 Å². The molecule has 1 aromatic heterocycles. The molecule has 11 heteroatoms. The van der Waals surface area contributed by atoms with Crippen molar-refractivity contribution in [3.8, 4) is 0 Å². The predicted molar refractivity (Wildman–Crippen MR) is 136 cm³/mol. The molecular weight excluding hydrogens is 515 g/mol. The lowest BCUT2D eigenvalue weighted by molar-refractivity contribution is -0.252. The molecule has 1 unspecified atom stereocenters. The van der Waals surface area contributed by atoms with Crippen LogP contribution in [-0.4, -0.2) is 51.9 Å². The van der Waals surface area contributed by atoms with Gasteiger partial charge in [-0.1, -0.05) is 6.07 Å². The second kappa shape index (κ2) is 11.0. The highest BCUT2D eigenvalue weighted by molar-refractivity contribution is 5.88. The summed E-state index contributed by atoms with van der Waals surface area (Å²) >= 11 is 0. The Labute approximate surface area is 223 Å². The molecule has 0 spiro atoms. The van der Waals surface area contributed by atoms with Crippen molar-refractivity contribution in [3.05, 3.63) is 53.1 Å². The van der Waals surface area contributed by atoms with Crippen LogP contribution < -0.4 is 5.32 Å². The molecule has 2 aliphatic rings. The number of Topliss-reactive ketones (excluding diaryl/α,β-unsaturated/α-hetero) is 1. The van der Waals surface area contributed by atoms with Crippen LogP contribution in [0.15, 0.2) is 34.7 Å². The first kappa shape index (κ1) is 27.1. The van der Waals surface area contributed by atoms with E-state index in [0.29, 0.717) is 62.9 Å². The highest BCUT2D eigenvalue weighted by atomic mass is 19.2. The molecule has 5 rings (SSSR count). The zero-order chi connectivity index (χ0) is 27.7. The van der Waals surface area contributed by atoms with Gasteiger partial charge in [-0.25, -0.2) is 13.7 Å². The lowest BCUT2D eigenvalue weighted by atomic mass is 9.87. The van der Waals surface area contributed by atoms with Crippen molar-refractivity contribution in [1.82, 2.24) is 9.88 Å². The number of aryl methyl sites for hydroxylation is 1. The Morgan fingerprint density at radius 2 is 1.87 bits per heavy atom. The number of hydrogen-bond acceptors (Lipinski definition) is 7. The molecule has 208 valence electrons. The van der Waals surface area contributed by atoms with Gasteiger partial charge in [-0.05, 0) is 80.8 Å². The number of oxazole rings is 1. The van der Waals surface area contributed by atoms with Crippen molar-refractivity contribution < 1.29 is 37.0 Å². The minimum atomic E-state index is -2.74. The number of nitrogens with one attached hydrogen (secondary N) is 1. The number of ketones is 1. The fraction of sp³-hybridized carbons (Fsp3) is 0.464. The summed E-state index contributed by atoms with van der Waals surface area (Å²) in [5, 5.41) is 12.1. The van der Waals surface area contributed by atoms with Gasteiger partial charge in [-0.3, -0.25) is 9.59 Å². The molecule has 1 atom stereocenters. The number of anilines is 2. The molecule has 0 bridgehead atoms. The first-order valence-corrected chi connectivity index (χ1v) is 13.1. The normalized spacial score (nSPS) is 21.6. The summed E-state index contributed by atoms with van der Waals surface area (Å²) in [6, 6.07) is 6.95. The number of fused-ring (bicyclic) bond motifs is 1. The van der Waals surface area contributed by atoms with Gasteiger partial charge in [0.25, 0.3) is 6.01 Å². The predicted octanol–water partition coefficient (Wildman–Crippen LogP) is 5.65. The molecular formula is C28H30F3N3O5. The number of likely N-dealkylation sites (tertiary alicyclic amines) is 1. The van der Waals surface area contributed by atoms with E-state index in [1.165, 1.54) is 35.2 Å². The maximum absolute atomic E-state index is 16.4. The Hall–Kier alpha value is -3.44. The molecule has 2 heterocycles. The van der Waals surface area contributed by atoms with Crippen LogP contribution in [0.4, 0.5) is 24.9 Å². The van der Waals surface area contributed by atoms with Crippen molar-refractivity contribution in [3.63, 3.8) is 0 Å². The summed E-state index contributed by atoms with van der Waals surface area (Å²) in [6.45, 7) is 2.35. The van der Waals surface area contributed by atoms with Crippen LogP contribution in [0.5, 0.6) is 0 Å². The van der Waals surface area contributed by atoms with Gasteiger partial charge in [0.05, 0.1) is 12.0 Å². The first-order valence-electron chi connectivity index (χ1n) is 13.1. The monoisotopic (exact) mass is 545 g/mol. The van der Waals surface area contributed by atoms with E-state index in [2.05, 4.69) is 10.3 Å². The minimum absolute atomic E-state index is 0.0145. The van der Waals surface area contributed by atoms with E-state index in [1.54, 1.807) is 6.92 Å². The maximum atomic E-state index is 16.4. The molecule has 8 nitrogen and oxygen atoms in total. The highest BCUT2D eigenvalue weighted by Gasteiger charge is 2.49. The van der Waals surface area contributed by atoms with Gasteiger partial charge >= 0.3 is 11.9 Å². The smallest absolute Gasteiger partial charge is 0.330 e. The van der Waals surface area contributed by atoms with Crippen LogP contribution in [0.1, 0.15) is 49.7 Å². The summed E-state index contributed by atoms with van der Waals surface area (Å²) in [5.74, 6) is -6.29. The van der Waals surface area contributed by atoms with Crippen molar-refractivity contribution >= 4 is 34.6 Å². The second-order valence-electron chi connectivity index (χ2n) is 10.3. The molecule has 0 amide bonds. The summed E-state index contributed by atoms with van der Waals surface area (Å²) in [5.41, 5.74) is 1.07. The van der Waals surface area contributed by atoms with Crippen LogP contribution in [-0.2, 0) is 20.7 Å². The minimum Gasteiger partial charge on any atom is -0.481 e. The Balaban J connectivity index is 1.34. The number of halogens is 3. The van der Waals surface area contributed by atoms with Gasteiger partial charge in [-0.2, -0.15) is 9.37 Å². The lowest BCUT2D eigenvalue weighted by Gasteiger charge is -2.37. The fourth-order valence-electron chi connectivity index (χ4n) is 5.33. The molecule has 3 aromatic rings. The Morgan fingerprint density at radius 3 is 2.54 bits per heavy atom. The SMILES string of the molecule is Cc1cc(F)ccc1Nc1nc2ccc(CC(=O)C(F)(OC3CCC(C(=O)O)CC3)N3CCCC3)c(F)c2o1. The number of benzene rings is 2. The third kappa shape index (κ3) is 5.65. The van der Waals surface area contributed by atoms with Gasteiger partial charge in [0.1, 0.15) is 11.3 Å². The number of alkyl halides is 1. The van der Waals surface area contributed by atoms with E-state index in [1.807, 2.05) is 0 Å². The Kier molecular flexibility index (Phi) is 7.64. The molecule has 0 radical (unpaired) electrons. The largest absolute Gasteiger partial charge is 0.481 e. The molecule has 1 aliphatic heterocycles. The number of carbonyl (C=O) groups is 2. The van der Waals surface area contributed by atoms with Gasteiger partial charge < -0.3 is 19.6 Å². The number of rotatable bonds is 9. The van der Waals surface area contributed by atoms with Gasteiger partial charge in [0.2, 0.25) is 5.78 Å². The van der Waals surface area contributed by atoms with Crippen LogP contribution in [0.3, 0.4) is 0 Å². The number of hydrogen-bond donors (Lipinski definition) is 2. The third-order valence-electron chi connectivity index (χ3n) is 7.56. The van der Waals surface area contributed by atoms with Crippen LogP contribution in [0, 0.1) is 24.5 Å². The Morgan fingerprint density at radius 1 is 1.15 bits per heavy atom. The molecule has 2 N–H and O–H groups in total. The topological polar surface area (TPSA) is 105 Å². The molecule has 39 heavy (non-hydrogen) atoms. The first-order chi connectivity index (χ1) is 18.6. The van der Waals surface area contributed by atoms with Crippen molar-refractivity contribution in [2.45, 2.75) is 64.0 Å². The summed E-state index contributed by atoms with van der Waals surface area (Å²) < 4.78 is 56.6. The van der Waals surface area contributed by atoms with Crippen molar-refractivity contribution in [2.75, 3.05) is 18.4 Å². The van der Waals surface area contributed by atoms with E-state index >= 15 is 8.78 Å². The number of carbonyl (C=O) groups excluding carboxylic acids is 1. The average Bonchev–Trinajstić information content (AvgIpc) is 3.59. The third-order valence-corrected chi connectivity index (χ3v) is 7.56. The molecule has 1 saturated heterocycles. The summed E-state index contributed by atoms with van der Waals surface area (Å²) in [7, 11) is 0. The number of carboxylic acid groups (broad SMARTS) is 1. The van der Waals surface area contributed by atoms with E-state index < -0.39 is 47.8 Å². The number of carboxylic acids is 1. The van der Waals surface area contributed by atoms with E-state index in [9.17, 15) is 19.1 Å². The highest BCUT2D eigenvalue weighted by Crippen LogP contribution is 2.35. The standard InChI is InChI=1S/C28H30F3N3O5/c1-16-14-19(29)7-11-21(16)32-27-33-22-10-6-18(24(30)25(22)38-27)15-23(35)28(31,34-12-2-3-13-34)39-20-8-4-17(5-9-20)26(36)37/h6-7,10-11,14,17,20H,2-5,8-9,12-13,15H2,1H3,(H,32,33)(H,36,37). The number of nitrogens with zero attached hydrogens (tertiary/aromatic N) is 2. The molecule has 2 aromatic carbocycles. The van der Waals surface area contributed by atoms with Gasteiger partial charge in [-0.15, -0.1) is 0 Å². The zero-order valence-electron chi connectivity index (χ0n) is 21.5. The van der Waals surface area contributed by atoms with Crippen LogP contribution >= 0.6 is 0 Å². The van der Waals surface area contributed by atoms with Crippen LogP contribution in [0.2, 0.25) is 0 Å². The molecule has 1 aliphatic carbocycles. The van der Waals surface area contributed by atoms with E-state index in [-0.39, 0.29) is 22.7 Å². The van der Waals surface area contributed by atoms with Crippen molar-refractivity contribution in [2.24, 2.45) is 5.92 Å². The number of aromatic nitrogens is 1. The lowest BCUT2D eigenvalue weighted by Crippen LogP contribution is -2.54. The van der Waals surface area contributed by atoms with E-state index in [4.69, 9.17) is 9.15 Å². The maximum Gasteiger partial charge on any atom is 0.330 e. The van der Waals surface area contributed by atoms with Crippen molar-refractivity contribution in [1.29, 1.82) is 0 Å². The average molecular weight is 546 g/mol. The summed E-state index contributed by atoms with van der Waals surface area (Å²) in [6.07, 6.45) is 1.56. The summed E-state index contributed by atoms with van der Waals surface area (Å²) in [4.78, 5) is 30.2. The fourth-order valence-corrected chi connectivity index (χ4v) is 5.33. The number of aliphatic carboxylic acids is 1. The zero-order valence-corrected chi connectivity index (χ0v) is 21.5. The second-order valence-corrected chi connectivity index (χ2v) is 10.3. The van der Waals surface area contributed by atoms with Crippen LogP contribution in [0.25, 0.3) is 11.1 Å². The molecule has 1 saturated carbocycles.